The highest BCUT2D eigenvalue weighted by Gasteiger charge is 2.33. The molecule has 0 bridgehead atoms. The fraction of sp³-hybridized carbons (Fsp3) is 0.750. The standard InChI is InChI=1S/C16H25N3O3/c1-21-14-7-12(11-20)19(10-14)15-8-17-9-16(18-15)22-13-5-3-2-4-6-13/h8-9,12-14,20H,2-7,10-11H2,1H3/t12-,14+/m0/s1. The number of hydrogen-bond acceptors (Lipinski definition) is 6. The minimum absolute atomic E-state index is 0.0316. The van der Waals surface area contributed by atoms with E-state index in [1.54, 1.807) is 19.5 Å². The summed E-state index contributed by atoms with van der Waals surface area (Å²) in [6.45, 7) is 0.818. The third-order valence-electron chi connectivity index (χ3n) is 4.65. The van der Waals surface area contributed by atoms with E-state index in [1.807, 2.05) is 0 Å². The number of hydrogen-bond donors (Lipinski definition) is 1. The molecule has 1 aromatic rings. The number of aliphatic hydroxyl groups is 1. The molecule has 2 aliphatic rings. The molecule has 0 amide bonds. The molecule has 0 unspecified atom stereocenters. The van der Waals surface area contributed by atoms with Crippen molar-refractivity contribution in [2.75, 3.05) is 25.2 Å². The number of anilines is 1. The Labute approximate surface area is 131 Å². The van der Waals surface area contributed by atoms with Crippen molar-refractivity contribution < 1.29 is 14.6 Å². The van der Waals surface area contributed by atoms with Gasteiger partial charge in [-0.05, 0) is 32.1 Å². The maximum Gasteiger partial charge on any atom is 0.234 e. The first-order chi connectivity index (χ1) is 10.8. The van der Waals surface area contributed by atoms with Gasteiger partial charge in [-0.3, -0.25) is 4.98 Å². The van der Waals surface area contributed by atoms with Gasteiger partial charge in [0.25, 0.3) is 0 Å². The van der Waals surface area contributed by atoms with Crippen molar-refractivity contribution >= 4 is 5.82 Å². The van der Waals surface area contributed by atoms with Crippen molar-refractivity contribution in [2.45, 2.75) is 56.8 Å². The summed E-state index contributed by atoms with van der Waals surface area (Å²) < 4.78 is 11.4. The van der Waals surface area contributed by atoms with Crippen LogP contribution in [0.5, 0.6) is 5.88 Å². The predicted molar refractivity (Wildman–Crippen MR) is 83.2 cm³/mol. The van der Waals surface area contributed by atoms with Crippen LogP contribution >= 0.6 is 0 Å². The van der Waals surface area contributed by atoms with Crippen molar-refractivity contribution in [2.24, 2.45) is 0 Å². The molecule has 22 heavy (non-hydrogen) atoms. The first kappa shape index (κ1) is 15.5. The van der Waals surface area contributed by atoms with E-state index in [2.05, 4.69) is 14.9 Å². The quantitative estimate of drug-likeness (QED) is 0.894. The van der Waals surface area contributed by atoms with Gasteiger partial charge in [-0.1, -0.05) is 6.42 Å². The van der Waals surface area contributed by atoms with Crippen LogP contribution in [0, 0.1) is 0 Å². The molecule has 0 radical (unpaired) electrons. The van der Waals surface area contributed by atoms with Crippen LogP contribution in [0.2, 0.25) is 0 Å². The van der Waals surface area contributed by atoms with Crippen molar-refractivity contribution in [1.29, 1.82) is 0 Å². The molecule has 1 saturated heterocycles. The third kappa shape index (κ3) is 3.50. The van der Waals surface area contributed by atoms with Crippen molar-refractivity contribution in [3.8, 4) is 5.88 Å². The Bertz CT molecular complexity index is 479. The lowest BCUT2D eigenvalue weighted by Gasteiger charge is -2.25. The minimum atomic E-state index is 0.0316. The summed E-state index contributed by atoms with van der Waals surface area (Å²) in [5, 5.41) is 9.56. The van der Waals surface area contributed by atoms with Gasteiger partial charge in [0.2, 0.25) is 5.88 Å². The smallest absolute Gasteiger partial charge is 0.234 e. The molecule has 122 valence electrons. The zero-order valence-electron chi connectivity index (χ0n) is 13.1. The molecule has 2 fully saturated rings. The van der Waals surface area contributed by atoms with Crippen LogP contribution in [-0.2, 0) is 4.74 Å². The Morgan fingerprint density at radius 3 is 2.77 bits per heavy atom. The Balaban J connectivity index is 1.70. The van der Waals surface area contributed by atoms with Gasteiger partial charge >= 0.3 is 0 Å². The van der Waals surface area contributed by atoms with Crippen LogP contribution in [0.3, 0.4) is 0 Å². The summed E-state index contributed by atoms with van der Waals surface area (Å²) in [4.78, 5) is 10.9. The van der Waals surface area contributed by atoms with Crippen molar-refractivity contribution in [3.05, 3.63) is 12.4 Å². The van der Waals surface area contributed by atoms with Crippen LogP contribution in [0.25, 0.3) is 0 Å². The molecule has 1 aliphatic carbocycles. The molecular formula is C16H25N3O3. The fourth-order valence-corrected chi connectivity index (χ4v) is 3.39. The van der Waals surface area contributed by atoms with E-state index in [4.69, 9.17) is 9.47 Å². The van der Waals surface area contributed by atoms with Crippen LogP contribution in [-0.4, -0.2) is 53.6 Å². The molecule has 1 saturated carbocycles. The van der Waals surface area contributed by atoms with Gasteiger partial charge in [-0.15, -0.1) is 0 Å². The number of methoxy groups -OCH3 is 1. The maximum atomic E-state index is 9.56. The third-order valence-corrected chi connectivity index (χ3v) is 4.65. The van der Waals surface area contributed by atoms with Crippen molar-refractivity contribution in [3.63, 3.8) is 0 Å². The minimum Gasteiger partial charge on any atom is -0.473 e. The molecular weight excluding hydrogens is 282 g/mol. The number of ether oxygens (including phenoxy) is 2. The van der Waals surface area contributed by atoms with Crippen LogP contribution in [0.1, 0.15) is 38.5 Å². The Morgan fingerprint density at radius 2 is 2.05 bits per heavy atom. The largest absolute Gasteiger partial charge is 0.473 e. The van der Waals surface area contributed by atoms with E-state index in [0.717, 1.165) is 31.6 Å². The Morgan fingerprint density at radius 1 is 1.23 bits per heavy atom. The zero-order valence-corrected chi connectivity index (χ0v) is 13.1. The summed E-state index contributed by atoms with van der Waals surface area (Å²) in [5.74, 6) is 1.34. The summed E-state index contributed by atoms with van der Waals surface area (Å²) in [6, 6.07) is 0.0316. The van der Waals surface area contributed by atoms with Crippen LogP contribution in [0.4, 0.5) is 5.82 Å². The highest BCUT2D eigenvalue weighted by molar-refractivity contribution is 5.41. The van der Waals surface area contributed by atoms with E-state index in [0.29, 0.717) is 5.88 Å². The number of aliphatic hydroxyl groups excluding tert-OH is 1. The van der Waals surface area contributed by atoms with Gasteiger partial charge < -0.3 is 19.5 Å². The van der Waals surface area contributed by atoms with Gasteiger partial charge in [0, 0.05) is 13.7 Å². The highest BCUT2D eigenvalue weighted by Crippen LogP contribution is 2.27. The second-order valence-corrected chi connectivity index (χ2v) is 6.18. The van der Waals surface area contributed by atoms with E-state index in [1.165, 1.54) is 19.3 Å². The molecule has 1 N–H and O–H groups in total. The first-order valence-corrected chi connectivity index (χ1v) is 8.19. The fourth-order valence-electron chi connectivity index (χ4n) is 3.39. The Hall–Kier alpha value is -1.40. The lowest BCUT2D eigenvalue weighted by Crippen LogP contribution is -2.33. The van der Waals surface area contributed by atoms with E-state index in [-0.39, 0.29) is 24.9 Å². The molecule has 2 heterocycles. The molecule has 1 aliphatic heterocycles. The zero-order chi connectivity index (χ0) is 15.4. The first-order valence-electron chi connectivity index (χ1n) is 8.19. The van der Waals surface area contributed by atoms with Gasteiger partial charge in [0.05, 0.1) is 31.1 Å². The summed E-state index contributed by atoms with van der Waals surface area (Å²) in [6.07, 6.45) is 10.6. The predicted octanol–water partition coefficient (Wildman–Crippen LogP) is 1.77. The Kier molecular flexibility index (Phi) is 5.10. The number of rotatable bonds is 5. The highest BCUT2D eigenvalue weighted by atomic mass is 16.5. The summed E-state index contributed by atoms with van der Waals surface area (Å²) in [5.41, 5.74) is 0. The average Bonchev–Trinajstić information content (AvgIpc) is 2.99. The van der Waals surface area contributed by atoms with Crippen LogP contribution < -0.4 is 9.64 Å². The molecule has 6 heteroatoms. The molecule has 0 spiro atoms. The van der Waals surface area contributed by atoms with Crippen molar-refractivity contribution in [1.82, 2.24) is 9.97 Å². The average molecular weight is 307 g/mol. The van der Waals surface area contributed by atoms with Gasteiger partial charge in [0.1, 0.15) is 6.10 Å². The monoisotopic (exact) mass is 307 g/mol. The maximum absolute atomic E-state index is 9.56. The van der Waals surface area contributed by atoms with Gasteiger partial charge in [-0.2, -0.15) is 4.98 Å². The second-order valence-electron chi connectivity index (χ2n) is 6.18. The number of aromatic nitrogens is 2. The van der Waals surface area contributed by atoms with Crippen LogP contribution in [0.15, 0.2) is 12.4 Å². The topological polar surface area (TPSA) is 67.7 Å². The molecule has 1 aromatic heterocycles. The van der Waals surface area contributed by atoms with Gasteiger partial charge in [0.15, 0.2) is 5.82 Å². The molecule has 0 aromatic carbocycles. The van der Waals surface area contributed by atoms with Gasteiger partial charge in [-0.25, -0.2) is 0 Å². The van der Waals surface area contributed by atoms with E-state index in [9.17, 15) is 5.11 Å². The summed E-state index contributed by atoms with van der Waals surface area (Å²) in [7, 11) is 1.71. The normalized spacial score (nSPS) is 26.4. The van der Waals surface area contributed by atoms with E-state index < -0.39 is 0 Å². The van der Waals surface area contributed by atoms with E-state index >= 15 is 0 Å². The second kappa shape index (κ2) is 7.24. The molecule has 2 atom stereocenters. The summed E-state index contributed by atoms with van der Waals surface area (Å²) >= 11 is 0. The lowest BCUT2D eigenvalue weighted by atomic mass is 9.98. The lowest BCUT2D eigenvalue weighted by molar-refractivity contribution is 0.115. The SMILES string of the molecule is CO[C@@H]1C[C@@H](CO)N(c2cncc(OC3CCCCC3)n2)C1. The number of nitrogens with zero attached hydrogens (tertiary/aromatic N) is 3. The molecule has 6 nitrogen and oxygen atoms in total. The molecule has 3 rings (SSSR count).